The van der Waals surface area contributed by atoms with Crippen molar-refractivity contribution in [3.05, 3.63) is 53.8 Å². The van der Waals surface area contributed by atoms with Crippen molar-refractivity contribution in [1.82, 2.24) is 4.90 Å². The average molecular weight is 415 g/mol. The minimum Gasteiger partial charge on any atom is -0.497 e. The van der Waals surface area contributed by atoms with Gasteiger partial charge in [-0.15, -0.1) is 0 Å². The zero-order valence-corrected chi connectivity index (χ0v) is 18.1. The largest absolute Gasteiger partial charge is 0.497 e. The fourth-order valence-electron chi connectivity index (χ4n) is 4.08. The maximum absolute atomic E-state index is 13.4. The number of amides is 1. The van der Waals surface area contributed by atoms with Crippen LogP contribution in [0.25, 0.3) is 0 Å². The maximum atomic E-state index is 13.4. The van der Waals surface area contributed by atoms with E-state index in [2.05, 4.69) is 4.90 Å². The summed E-state index contributed by atoms with van der Waals surface area (Å²) in [6.07, 6.45) is 3.04. The number of anilines is 1. The molecule has 1 saturated heterocycles. The molecular weight excluding hydrogens is 383 g/mol. The Morgan fingerprint density at radius 2 is 1.80 bits per heavy atom. The van der Waals surface area contributed by atoms with Gasteiger partial charge in [0.25, 0.3) is 0 Å². The van der Waals surface area contributed by atoms with E-state index in [0.29, 0.717) is 6.42 Å². The Hall–Kier alpha value is -2.60. The van der Waals surface area contributed by atoms with E-state index >= 15 is 0 Å². The molecule has 30 heavy (non-hydrogen) atoms. The highest BCUT2D eigenvalue weighted by Crippen LogP contribution is 2.29. The summed E-state index contributed by atoms with van der Waals surface area (Å²) in [6.45, 7) is 4.53. The maximum Gasteiger partial charge on any atom is 0.227 e. The molecule has 0 bridgehead atoms. The molecule has 0 aromatic heterocycles. The van der Waals surface area contributed by atoms with Gasteiger partial charge in [0.15, 0.2) is 0 Å². The Morgan fingerprint density at radius 3 is 2.40 bits per heavy atom. The first-order chi connectivity index (χ1) is 14.5. The van der Waals surface area contributed by atoms with Gasteiger partial charge < -0.3 is 14.4 Å². The van der Waals surface area contributed by atoms with E-state index < -0.39 is 0 Å². The lowest BCUT2D eigenvalue weighted by atomic mass is 10.0. The van der Waals surface area contributed by atoms with Crippen LogP contribution in [0.4, 0.5) is 10.1 Å². The Kier molecular flexibility index (Phi) is 7.69. The Labute approximate surface area is 178 Å². The lowest BCUT2D eigenvalue weighted by Crippen LogP contribution is -2.47. The van der Waals surface area contributed by atoms with Gasteiger partial charge in [-0.2, -0.15) is 0 Å². The van der Waals surface area contributed by atoms with E-state index in [-0.39, 0.29) is 17.8 Å². The van der Waals surface area contributed by atoms with E-state index in [9.17, 15) is 9.18 Å². The molecule has 0 unspecified atom stereocenters. The molecule has 0 atom stereocenters. The Bertz CT molecular complexity index is 833. The molecular formula is C24H31FN2O3. The van der Waals surface area contributed by atoms with Crippen molar-refractivity contribution in [2.24, 2.45) is 0 Å². The lowest BCUT2D eigenvalue weighted by Gasteiger charge is -2.39. The number of ether oxygens (including phenoxy) is 2. The summed E-state index contributed by atoms with van der Waals surface area (Å²) < 4.78 is 24.2. The molecule has 0 aliphatic carbocycles. The molecule has 0 N–H and O–H groups in total. The molecule has 0 spiro atoms. The number of piperidine rings is 1. The second kappa shape index (κ2) is 10.4. The zero-order valence-electron chi connectivity index (χ0n) is 18.1. The molecule has 6 heteroatoms. The summed E-state index contributed by atoms with van der Waals surface area (Å²) in [6, 6.07) is 12.2. The van der Waals surface area contributed by atoms with Gasteiger partial charge in [-0.3, -0.25) is 9.69 Å². The van der Waals surface area contributed by atoms with Crippen LogP contribution in [-0.4, -0.2) is 44.2 Å². The first kappa shape index (κ1) is 22.1. The second-order valence-electron chi connectivity index (χ2n) is 7.68. The summed E-state index contributed by atoms with van der Waals surface area (Å²) in [4.78, 5) is 17.1. The van der Waals surface area contributed by atoms with E-state index in [1.165, 1.54) is 12.1 Å². The van der Waals surface area contributed by atoms with Crippen LogP contribution in [0.5, 0.6) is 11.5 Å². The van der Waals surface area contributed by atoms with Crippen LogP contribution in [0.3, 0.4) is 0 Å². The van der Waals surface area contributed by atoms with Crippen molar-refractivity contribution in [1.29, 1.82) is 0 Å². The SMILES string of the molecule is CCCC(=O)N(c1ccc(F)cc1)C1CCN(Cc2cc(OC)ccc2OC)CC1. The van der Waals surface area contributed by atoms with Gasteiger partial charge in [0.05, 0.1) is 14.2 Å². The van der Waals surface area contributed by atoms with Crippen LogP contribution in [0.2, 0.25) is 0 Å². The van der Waals surface area contributed by atoms with Crippen LogP contribution in [0.1, 0.15) is 38.2 Å². The molecule has 1 fully saturated rings. The first-order valence-corrected chi connectivity index (χ1v) is 10.6. The van der Waals surface area contributed by atoms with Crippen LogP contribution < -0.4 is 14.4 Å². The standard InChI is InChI=1S/C24H31FN2O3/c1-4-5-24(28)27(20-8-6-19(25)7-9-20)21-12-14-26(15-13-21)17-18-16-22(29-2)10-11-23(18)30-3/h6-11,16,21H,4-5,12-15,17H2,1-3H3. The number of benzene rings is 2. The van der Waals surface area contributed by atoms with Crippen LogP contribution >= 0.6 is 0 Å². The van der Waals surface area contributed by atoms with E-state index in [1.54, 1.807) is 26.4 Å². The lowest BCUT2D eigenvalue weighted by molar-refractivity contribution is -0.119. The number of likely N-dealkylation sites (tertiary alicyclic amines) is 1. The highest BCUT2D eigenvalue weighted by Gasteiger charge is 2.29. The summed E-state index contributed by atoms with van der Waals surface area (Å²) in [5, 5.41) is 0. The predicted molar refractivity (Wildman–Crippen MR) is 117 cm³/mol. The van der Waals surface area contributed by atoms with Crippen molar-refractivity contribution < 1.29 is 18.7 Å². The van der Waals surface area contributed by atoms with Gasteiger partial charge >= 0.3 is 0 Å². The summed E-state index contributed by atoms with van der Waals surface area (Å²) >= 11 is 0. The van der Waals surface area contributed by atoms with Gasteiger partial charge in [0.2, 0.25) is 5.91 Å². The summed E-state index contributed by atoms with van der Waals surface area (Å²) in [7, 11) is 3.34. The smallest absolute Gasteiger partial charge is 0.227 e. The number of carbonyl (C=O) groups is 1. The average Bonchev–Trinajstić information content (AvgIpc) is 2.76. The second-order valence-corrected chi connectivity index (χ2v) is 7.68. The van der Waals surface area contributed by atoms with Gasteiger partial charge in [-0.25, -0.2) is 4.39 Å². The summed E-state index contributed by atoms with van der Waals surface area (Å²) in [5.41, 5.74) is 1.87. The van der Waals surface area contributed by atoms with Crippen molar-refractivity contribution in [3.8, 4) is 11.5 Å². The van der Waals surface area contributed by atoms with Crippen LogP contribution in [0.15, 0.2) is 42.5 Å². The molecule has 0 radical (unpaired) electrons. The number of hydrogen-bond donors (Lipinski definition) is 0. The van der Waals surface area contributed by atoms with Crippen molar-refractivity contribution in [2.45, 2.75) is 45.2 Å². The third kappa shape index (κ3) is 5.30. The van der Waals surface area contributed by atoms with Crippen LogP contribution in [-0.2, 0) is 11.3 Å². The highest BCUT2D eigenvalue weighted by atomic mass is 19.1. The van der Waals surface area contributed by atoms with Gasteiger partial charge in [-0.1, -0.05) is 6.92 Å². The van der Waals surface area contributed by atoms with Crippen LogP contribution in [0, 0.1) is 5.82 Å². The molecule has 1 aliphatic rings. The quantitative estimate of drug-likeness (QED) is 0.631. The van der Waals surface area contributed by atoms with Gasteiger partial charge in [0.1, 0.15) is 17.3 Å². The van der Waals surface area contributed by atoms with E-state index in [1.807, 2.05) is 30.0 Å². The number of rotatable bonds is 8. The predicted octanol–water partition coefficient (Wildman–Crippen LogP) is 4.64. The van der Waals surface area contributed by atoms with E-state index in [4.69, 9.17) is 9.47 Å². The molecule has 162 valence electrons. The third-order valence-electron chi connectivity index (χ3n) is 5.64. The third-order valence-corrected chi connectivity index (χ3v) is 5.64. The van der Waals surface area contributed by atoms with Crippen molar-refractivity contribution >= 4 is 11.6 Å². The number of hydrogen-bond acceptors (Lipinski definition) is 4. The van der Waals surface area contributed by atoms with Gasteiger partial charge in [-0.05, 0) is 61.7 Å². The fraction of sp³-hybridized carbons (Fsp3) is 0.458. The normalized spacial score (nSPS) is 15.1. The fourth-order valence-corrected chi connectivity index (χ4v) is 4.08. The molecule has 2 aromatic rings. The number of halogens is 1. The zero-order chi connectivity index (χ0) is 21.5. The first-order valence-electron chi connectivity index (χ1n) is 10.6. The topological polar surface area (TPSA) is 42.0 Å². The number of nitrogens with zero attached hydrogens (tertiary/aromatic N) is 2. The van der Waals surface area contributed by atoms with Gasteiger partial charge in [0, 0.05) is 43.3 Å². The molecule has 3 rings (SSSR count). The van der Waals surface area contributed by atoms with Crippen molar-refractivity contribution in [3.63, 3.8) is 0 Å². The van der Waals surface area contributed by atoms with E-state index in [0.717, 1.165) is 61.6 Å². The molecule has 1 heterocycles. The minimum atomic E-state index is -0.288. The molecule has 5 nitrogen and oxygen atoms in total. The summed E-state index contributed by atoms with van der Waals surface area (Å²) in [5.74, 6) is 1.48. The Morgan fingerprint density at radius 1 is 1.10 bits per heavy atom. The molecule has 0 saturated carbocycles. The highest BCUT2D eigenvalue weighted by molar-refractivity contribution is 5.93. The van der Waals surface area contributed by atoms with Crippen molar-refractivity contribution in [2.75, 3.05) is 32.2 Å². The number of carbonyl (C=O) groups excluding carboxylic acids is 1. The minimum absolute atomic E-state index is 0.108. The molecule has 1 aliphatic heterocycles. The Balaban J connectivity index is 1.69. The molecule has 2 aromatic carbocycles. The monoisotopic (exact) mass is 414 g/mol. The number of methoxy groups -OCH3 is 2. The molecule has 1 amide bonds.